The molecule has 2 amide bonds. The predicted molar refractivity (Wildman–Crippen MR) is 112 cm³/mol. The number of nitrogens with one attached hydrogen (secondary N) is 1. The standard InChI is InChI=1S/C22H23N5O3/c1-15-5-3-7-17(11-15)13-25-9-10-26-20(21(25)29)24-27(22(26)30)14-19(28)23-18-8-4-6-16(2)12-18/h3-8,11-12H,9-10,13-14H2,1-2H3,(H,23,28). The van der Waals surface area contributed by atoms with Gasteiger partial charge in [0.05, 0.1) is 0 Å². The van der Waals surface area contributed by atoms with Crippen LogP contribution in [0.4, 0.5) is 5.69 Å². The van der Waals surface area contributed by atoms with Crippen molar-refractivity contribution < 1.29 is 9.59 Å². The number of hydrogen-bond acceptors (Lipinski definition) is 4. The fraction of sp³-hybridized carbons (Fsp3) is 0.273. The van der Waals surface area contributed by atoms with Crippen molar-refractivity contribution in [2.75, 3.05) is 11.9 Å². The predicted octanol–water partition coefficient (Wildman–Crippen LogP) is 1.96. The number of benzene rings is 2. The second-order valence-corrected chi connectivity index (χ2v) is 7.55. The molecule has 154 valence electrons. The Morgan fingerprint density at radius 3 is 2.50 bits per heavy atom. The van der Waals surface area contributed by atoms with Crippen molar-refractivity contribution in [3.8, 4) is 0 Å². The van der Waals surface area contributed by atoms with Crippen molar-refractivity contribution >= 4 is 17.5 Å². The van der Waals surface area contributed by atoms with Gasteiger partial charge in [0.1, 0.15) is 6.54 Å². The van der Waals surface area contributed by atoms with E-state index in [-0.39, 0.29) is 24.2 Å². The topological polar surface area (TPSA) is 89.2 Å². The summed E-state index contributed by atoms with van der Waals surface area (Å²) >= 11 is 0. The molecule has 8 heteroatoms. The number of rotatable bonds is 5. The molecule has 4 rings (SSSR count). The van der Waals surface area contributed by atoms with Crippen LogP contribution in [-0.4, -0.2) is 37.6 Å². The summed E-state index contributed by atoms with van der Waals surface area (Å²) in [4.78, 5) is 39.5. The minimum atomic E-state index is -0.451. The molecule has 1 aromatic heterocycles. The molecule has 30 heavy (non-hydrogen) atoms. The highest BCUT2D eigenvalue weighted by molar-refractivity contribution is 5.92. The van der Waals surface area contributed by atoms with Crippen molar-refractivity contribution in [1.29, 1.82) is 0 Å². The van der Waals surface area contributed by atoms with Gasteiger partial charge in [-0.2, -0.15) is 0 Å². The minimum Gasteiger partial charge on any atom is -0.330 e. The van der Waals surface area contributed by atoms with Gasteiger partial charge in [0.2, 0.25) is 11.7 Å². The number of aryl methyl sites for hydroxylation is 2. The van der Waals surface area contributed by atoms with Crippen molar-refractivity contribution in [3.05, 3.63) is 81.5 Å². The molecule has 0 saturated carbocycles. The van der Waals surface area contributed by atoms with Gasteiger partial charge in [0.15, 0.2) is 0 Å². The van der Waals surface area contributed by atoms with Gasteiger partial charge >= 0.3 is 5.69 Å². The van der Waals surface area contributed by atoms with Crippen molar-refractivity contribution in [2.45, 2.75) is 33.5 Å². The summed E-state index contributed by atoms with van der Waals surface area (Å²) in [6, 6.07) is 15.3. The zero-order valence-electron chi connectivity index (χ0n) is 17.0. The van der Waals surface area contributed by atoms with E-state index in [0.29, 0.717) is 25.3 Å². The maximum absolute atomic E-state index is 12.9. The molecule has 0 unspecified atom stereocenters. The largest absolute Gasteiger partial charge is 0.346 e. The fourth-order valence-electron chi connectivity index (χ4n) is 3.61. The van der Waals surface area contributed by atoms with Crippen LogP contribution >= 0.6 is 0 Å². The third-order valence-electron chi connectivity index (χ3n) is 5.05. The lowest BCUT2D eigenvalue weighted by molar-refractivity contribution is -0.117. The van der Waals surface area contributed by atoms with Crippen LogP contribution in [0.2, 0.25) is 0 Å². The fourth-order valence-corrected chi connectivity index (χ4v) is 3.61. The highest BCUT2D eigenvalue weighted by atomic mass is 16.2. The van der Waals surface area contributed by atoms with Gasteiger partial charge < -0.3 is 10.2 Å². The van der Waals surface area contributed by atoms with Crippen LogP contribution in [0.15, 0.2) is 53.3 Å². The average Bonchev–Trinajstić information content (AvgIpc) is 3.00. The summed E-state index contributed by atoms with van der Waals surface area (Å²) in [6.45, 7) is 4.90. The number of carbonyl (C=O) groups excluding carboxylic acids is 2. The first-order chi connectivity index (χ1) is 14.4. The summed E-state index contributed by atoms with van der Waals surface area (Å²) in [5.74, 6) is -0.609. The van der Waals surface area contributed by atoms with E-state index in [1.807, 2.05) is 56.3 Å². The molecule has 0 bridgehead atoms. The van der Waals surface area contributed by atoms with E-state index in [0.717, 1.165) is 21.4 Å². The average molecular weight is 405 g/mol. The Hall–Kier alpha value is -3.68. The summed E-state index contributed by atoms with van der Waals surface area (Å²) in [6.07, 6.45) is 0. The molecule has 3 aromatic rings. The molecular formula is C22H23N5O3. The van der Waals surface area contributed by atoms with E-state index in [4.69, 9.17) is 0 Å². The number of nitrogens with zero attached hydrogens (tertiary/aromatic N) is 4. The third kappa shape index (κ3) is 4.03. The molecule has 1 aliphatic heterocycles. The Labute approximate surface area is 173 Å². The monoisotopic (exact) mass is 405 g/mol. The van der Waals surface area contributed by atoms with Gasteiger partial charge in [-0.25, -0.2) is 9.48 Å². The number of aromatic nitrogens is 3. The lowest BCUT2D eigenvalue weighted by Gasteiger charge is -2.26. The van der Waals surface area contributed by atoms with E-state index < -0.39 is 5.69 Å². The van der Waals surface area contributed by atoms with Gasteiger partial charge in [-0.1, -0.05) is 42.0 Å². The maximum Gasteiger partial charge on any atom is 0.346 e. The lowest BCUT2D eigenvalue weighted by atomic mass is 10.1. The van der Waals surface area contributed by atoms with Gasteiger partial charge in [0, 0.05) is 25.3 Å². The van der Waals surface area contributed by atoms with E-state index >= 15 is 0 Å². The van der Waals surface area contributed by atoms with Gasteiger partial charge in [0.25, 0.3) is 5.91 Å². The second-order valence-electron chi connectivity index (χ2n) is 7.55. The van der Waals surface area contributed by atoms with Crippen LogP contribution in [0.1, 0.15) is 27.3 Å². The Morgan fingerprint density at radius 1 is 1.03 bits per heavy atom. The Kier molecular flexibility index (Phi) is 5.22. The lowest BCUT2D eigenvalue weighted by Crippen LogP contribution is -2.42. The summed E-state index contributed by atoms with van der Waals surface area (Å²) in [5, 5.41) is 6.91. The van der Waals surface area contributed by atoms with Gasteiger partial charge in [-0.15, -0.1) is 5.10 Å². The Balaban J connectivity index is 1.49. The van der Waals surface area contributed by atoms with Crippen LogP contribution < -0.4 is 11.0 Å². The molecule has 0 radical (unpaired) electrons. The summed E-state index contributed by atoms with van der Waals surface area (Å²) < 4.78 is 2.39. The van der Waals surface area contributed by atoms with Crippen molar-refractivity contribution in [3.63, 3.8) is 0 Å². The molecule has 0 aliphatic carbocycles. The summed E-state index contributed by atoms with van der Waals surface area (Å²) in [7, 11) is 0. The Morgan fingerprint density at radius 2 is 1.77 bits per heavy atom. The van der Waals surface area contributed by atoms with Crippen LogP contribution in [0.5, 0.6) is 0 Å². The van der Waals surface area contributed by atoms with E-state index in [1.165, 1.54) is 4.57 Å². The number of hydrogen-bond donors (Lipinski definition) is 1. The SMILES string of the molecule is Cc1cccc(CN2CCn3c(nn(CC(=O)Nc4cccc(C)c4)c3=O)C2=O)c1. The first kappa shape index (κ1) is 19.6. The molecule has 1 N–H and O–H groups in total. The number of fused-ring (bicyclic) bond motifs is 1. The molecule has 0 saturated heterocycles. The normalized spacial score (nSPS) is 13.3. The molecule has 2 aromatic carbocycles. The van der Waals surface area contributed by atoms with Crippen LogP contribution in [0, 0.1) is 13.8 Å². The Bertz CT molecular complexity index is 1180. The van der Waals surface area contributed by atoms with Crippen LogP contribution in [0.3, 0.4) is 0 Å². The first-order valence-electron chi connectivity index (χ1n) is 9.80. The van der Waals surface area contributed by atoms with Crippen molar-refractivity contribution in [2.24, 2.45) is 0 Å². The number of carbonyl (C=O) groups is 2. The third-order valence-corrected chi connectivity index (χ3v) is 5.05. The quantitative estimate of drug-likeness (QED) is 0.703. The van der Waals surface area contributed by atoms with Gasteiger partial charge in [-0.3, -0.25) is 14.2 Å². The first-order valence-corrected chi connectivity index (χ1v) is 9.80. The number of amides is 2. The van der Waals surface area contributed by atoms with Crippen LogP contribution in [-0.2, 0) is 24.4 Å². The highest BCUT2D eigenvalue weighted by Gasteiger charge is 2.30. The highest BCUT2D eigenvalue weighted by Crippen LogP contribution is 2.14. The molecular weight excluding hydrogens is 382 g/mol. The van der Waals surface area contributed by atoms with Gasteiger partial charge in [-0.05, 0) is 37.1 Å². The van der Waals surface area contributed by atoms with Crippen molar-refractivity contribution in [1.82, 2.24) is 19.2 Å². The molecule has 0 fully saturated rings. The summed E-state index contributed by atoms with van der Waals surface area (Å²) in [5.41, 5.74) is 3.36. The maximum atomic E-state index is 12.9. The molecule has 0 atom stereocenters. The molecule has 2 heterocycles. The second kappa shape index (κ2) is 7.98. The molecule has 1 aliphatic rings. The van der Waals surface area contributed by atoms with E-state index in [2.05, 4.69) is 10.4 Å². The molecule has 8 nitrogen and oxygen atoms in total. The molecule has 0 spiro atoms. The van der Waals surface area contributed by atoms with Crippen LogP contribution in [0.25, 0.3) is 0 Å². The van der Waals surface area contributed by atoms with E-state index in [1.54, 1.807) is 11.0 Å². The smallest absolute Gasteiger partial charge is 0.330 e. The minimum absolute atomic E-state index is 0.0715. The van der Waals surface area contributed by atoms with E-state index in [9.17, 15) is 14.4 Å². The number of anilines is 1. The zero-order chi connectivity index (χ0) is 21.3. The zero-order valence-corrected chi connectivity index (χ0v) is 17.0.